The summed E-state index contributed by atoms with van der Waals surface area (Å²) in [6, 6.07) is -0.341. The molecule has 0 unspecified atom stereocenters. The molecular formula is C12H27N3O. The summed E-state index contributed by atoms with van der Waals surface area (Å²) in [5.74, 6) is -0.0191. The number of hydrogen-bond acceptors (Lipinski definition) is 3. The maximum atomic E-state index is 11.5. The fraction of sp³-hybridized carbons (Fsp3) is 0.917. The summed E-state index contributed by atoms with van der Waals surface area (Å²) < 4.78 is 0. The normalized spacial score (nSPS) is 12.8. The number of carbonyl (C=O) groups excluding carboxylic acids is 1. The number of nitrogens with one attached hydrogen (secondary N) is 1. The highest BCUT2D eigenvalue weighted by Crippen LogP contribution is 1.93. The third-order valence-corrected chi connectivity index (χ3v) is 2.65. The van der Waals surface area contributed by atoms with Crippen molar-refractivity contribution in [1.82, 2.24) is 10.2 Å². The lowest BCUT2D eigenvalue weighted by Crippen LogP contribution is -2.43. The first-order valence-corrected chi connectivity index (χ1v) is 6.41. The molecule has 0 rings (SSSR count). The van der Waals surface area contributed by atoms with Gasteiger partial charge in [-0.05, 0) is 25.9 Å². The van der Waals surface area contributed by atoms with Crippen LogP contribution in [0.15, 0.2) is 0 Å². The Kier molecular flexibility index (Phi) is 9.24. The van der Waals surface area contributed by atoms with Gasteiger partial charge < -0.3 is 16.0 Å². The van der Waals surface area contributed by atoms with Crippen LogP contribution >= 0.6 is 0 Å². The van der Waals surface area contributed by atoms with Crippen LogP contribution < -0.4 is 11.1 Å². The molecule has 1 amide bonds. The van der Waals surface area contributed by atoms with E-state index < -0.39 is 0 Å². The van der Waals surface area contributed by atoms with Crippen molar-refractivity contribution in [2.24, 2.45) is 5.73 Å². The van der Waals surface area contributed by atoms with E-state index in [9.17, 15) is 4.79 Å². The van der Waals surface area contributed by atoms with Crippen LogP contribution in [0.1, 0.15) is 40.0 Å². The zero-order valence-electron chi connectivity index (χ0n) is 11.0. The maximum Gasteiger partial charge on any atom is 0.236 e. The first-order chi connectivity index (χ1) is 7.65. The molecule has 0 aromatic rings. The second kappa shape index (κ2) is 9.60. The predicted octanol–water partition coefficient (Wildman–Crippen LogP) is 0.962. The van der Waals surface area contributed by atoms with Crippen molar-refractivity contribution < 1.29 is 4.79 Å². The SMILES string of the molecule is CCC[C@H](N)C(=O)NCCN(CC)CCC. The Morgan fingerprint density at radius 1 is 1.25 bits per heavy atom. The molecule has 0 saturated heterocycles. The summed E-state index contributed by atoms with van der Waals surface area (Å²) in [7, 11) is 0. The number of carbonyl (C=O) groups is 1. The minimum Gasteiger partial charge on any atom is -0.353 e. The Balaban J connectivity index is 3.66. The van der Waals surface area contributed by atoms with Crippen molar-refractivity contribution in [3.05, 3.63) is 0 Å². The van der Waals surface area contributed by atoms with Gasteiger partial charge in [0.2, 0.25) is 5.91 Å². The molecule has 0 aliphatic heterocycles. The molecule has 1 atom stereocenters. The summed E-state index contributed by atoms with van der Waals surface area (Å²) >= 11 is 0. The van der Waals surface area contributed by atoms with Gasteiger partial charge in [0, 0.05) is 13.1 Å². The highest BCUT2D eigenvalue weighted by molar-refractivity contribution is 5.81. The molecule has 3 N–H and O–H groups in total. The second-order valence-electron chi connectivity index (χ2n) is 4.12. The summed E-state index contributed by atoms with van der Waals surface area (Å²) in [6.45, 7) is 10.1. The Morgan fingerprint density at radius 2 is 1.94 bits per heavy atom. The minimum absolute atomic E-state index is 0.0191. The second-order valence-corrected chi connectivity index (χ2v) is 4.12. The number of likely N-dealkylation sites (N-methyl/N-ethyl adjacent to an activating group) is 1. The van der Waals surface area contributed by atoms with Crippen LogP contribution in [0.2, 0.25) is 0 Å². The molecule has 0 fully saturated rings. The molecule has 0 aromatic carbocycles. The quantitative estimate of drug-likeness (QED) is 0.619. The molecule has 0 radical (unpaired) electrons. The van der Waals surface area contributed by atoms with Gasteiger partial charge in [0.25, 0.3) is 0 Å². The fourth-order valence-corrected chi connectivity index (χ4v) is 1.65. The smallest absolute Gasteiger partial charge is 0.236 e. The van der Waals surface area contributed by atoms with Gasteiger partial charge in [-0.1, -0.05) is 27.2 Å². The van der Waals surface area contributed by atoms with Gasteiger partial charge in [-0.2, -0.15) is 0 Å². The van der Waals surface area contributed by atoms with Crippen LogP contribution in [0.3, 0.4) is 0 Å². The van der Waals surface area contributed by atoms with Crippen LogP contribution in [0.5, 0.6) is 0 Å². The largest absolute Gasteiger partial charge is 0.353 e. The zero-order chi connectivity index (χ0) is 12.4. The van der Waals surface area contributed by atoms with Crippen LogP contribution in [0.4, 0.5) is 0 Å². The van der Waals surface area contributed by atoms with Crippen LogP contribution in [0.25, 0.3) is 0 Å². The molecular weight excluding hydrogens is 202 g/mol. The molecule has 0 aromatic heterocycles. The van der Waals surface area contributed by atoms with E-state index in [0.29, 0.717) is 6.54 Å². The maximum absolute atomic E-state index is 11.5. The third-order valence-electron chi connectivity index (χ3n) is 2.65. The van der Waals surface area contributed by atoms with Crippen LogP contribution in [-0.2, 0) is 4.79 Å². The van der Waals surface area contributed by atoms with Gasteiger partial charge in [0.05, 0.1) is 6.04 Å². The Labute approximate surface area is 99.6 Å². The number of amides is 1. The lowest BCUT2D eigenvalue weighted by Gasteiger charge is -2.20. The molecule has 96 valence electrons. The van der Waals surface area contributed by atoms with Gasteiger partial charge in [-0.15, -0.1) is 0 Å². The van der Waals surface area contributed by atoms with E-state index in [1.807, 2.05) is 6.92 Å². The van der Waals surface area contributed by atoms with Gasteiger partial charge >= 0.3 is 0 Å². The molecule has 16 heavy (non-hydrogen) atoms. The van der Waals surface area contributed by atoms with E-state index in [0.717, 1.165) is 38.9 Å². The molecule has 0 heterocycles. The van der Waals surface area contributed by atoms with Crippen molar-refractivity contribution in [2.45, 2.75) is 46.1 Å². The molecule has 0 spiro atoms. The lowest BCUT2D eigenvalue weighted by molar-refractivity contribution is -0.122. The molecule has 0 saturated carbocycles. The molecule has 0 bridgehead atoms. The fourth-order valence-electron chi connectivity index (χ4n) is 1.65. The average Bonchev–Trinajstić information content (AvgIpc) is 2.28. The molecule has 0 aliphatic rings. The van der Waals surface area contributed by atoms with E-state index in [4.69, 9.17) is 5.73 Å². The highest BCUT2D eigenvalue weighted by atomic mass is 16.2. The predicted molar refractivity (Wildman–Crippen MR) is 68.3 cm³/mol. The Morgan fingerprint density at radius 3 is 2.44 bits per heavy atom. The van der Waals surface area contributed by atoms with Crippen molar-refractivity contribution >= 4 is 5.91 Å². The van der Waals surface area contributed by atoms with E-state index in [1.54, 1.807) is 0 Å². The van der Waals surface area contributed by atoms with Crippen molar-refractivity contribution in [1.29, 1.82) is 0 Å². The van der Waals surface area contributed by atoms with E-state index in [1.165, 1.54) is 0 Å². The van der Waals surface area contributed by atoms with E-state index in [-0.39, 0.29) is 11.9 Å². The number of nitrogens with two attached hydrogens (primary N) is 1. The van der Waals surface area contributed by atoms with Gasteiger partial charge in [0.1, 0.15) is 0 Å². The number of rotatable bonds is 9. The standard InChI is InChI=1S/C12H27N3O/c1-4-7-11(13)12(16)14-8-10-15(6-3)9-5-2/h11H,4-10,13H2,1-3H3,(H,14,16)/t11-/m0/s1. The van der Waals surface area contributed by atoms with Crippen molar-refractivity contribution in [3.8, 4) is 0 Å². The summed E-state index contributed by atoms with van der Waals surface area (Å²) in [6.07, 6.45) is 2.86. The number of nitrogens with zero attached hydrogens (tertiary/aromatic N) is 1. The summed E-state index contributed by atoms with van der Waals surface area (Å²) in [5, 5.41) is 2.88. The lowest BCUT2D eigenvalue weighted by atomic mass is 10.2. The Bertz CT molecular complexity index is 185. The van der Waals surface area contributed by atoms with Crippen molar-refractivity contribution in [3.63, 3.8) is 0 Å². The summed E-state index contributed by atoms with van der Waals surface area (Å²) in [4.78, 5) is 13.8. The number of hydrogen-bond donors (Lipinski definition) is 2. The minimum atomic E-state index is -0.341. The van der Waals surface area contributed by atoms with Gasteiger partial charge in [-0.3, -0.25) is 4.79 Å². The zero-order valence-corrected chi connectivity index (χ0v) is 11.0. The van der Waals surface area contributed by atoms with Gasteiger partial charge in [-0.25, -0.2) is 0 Å². The van der Waals surface area contributed by atoms with Crippen LogP contribution in [-0.4, -0.2) is 43.0 Å². The summed E-state index contributed by atoms with van der Waals surface area (Å²) in [5.41, 5.74) is 5.71. The molecule has 4 heteroatoms. The van der Waals surface area contributed by atoms with Crippen molar-refractivity contribution in [2.75, 3.05) is 26.2 Å². The van der Waals surface area contributed by atoms with E-state index >= 15 is 0 Å². The Hall–Kier alpha value is -0.610. The first-order valence-electron chi connectivity index (χ1n) is 6.41. The molecule has 4 nitrogen and oxygen atoms in total. The third kappa shape index (κ3) is 6.80. The van der Waals surface area contributed by atoms with E-state index in [2.05, 4.69) is 24.1 Å². The first kappa shape index (κ1) is 15.4. The average molecular weight is 229 g/mol. The topological polar surface area (TPSA) is 58.4 Å². The monoisotopic (exact) mass is 229 g/mol. The molecule has 0 aliphatic carbocycles. The van der Waals surface area contributed by atoms with Crippen LogP contribution in [0, 0.1) is 0 Å². The van der Waals surface area contributed by atoms with Gasteiger partial charge in [0.15, 0.2) is 0 Å². The highest BCUT2D eigenvalue weighted by Gasteiger charge is 2.11.